The van der Waals surface area contributed by atoms with Gasteiger partial charge < -0.3 is 15.0 Å². The van der Waals surface area contributed by atoms with Crippen molar-refractivity contribution in [1.29, 1.82) is 0 Å². The van der Waals surface area contributed by atoms with Gasteiger partial charge in [-0.15, -0.1) is 0 Å². The van der Waals surface area contributed by atoms with Crippen molar-refractivity contribution in [2.24, 2.45) is 0 Å². The Kier molecular flexibility index (Phi) is 6.14. The van der Waals surface area contributed by atoms with Crippen molar-refractivity contribution in [3.8, 4) is 28.3 Å². The third-order valence-corrected chi connectivity index (χ3v) is 6.11. The van der Waals surface area contributed by atoms with E-state index >= 15 is 0 Å². The van der Waals surface area contributed by atoms with Crippen molar-refractivity contribution in [3.63, 3.8) is 0 Å². The molecule has 0 spiro atoms. The smallest absolute Gasteiger partial charge is 0.316 e. The van der Waals surface area contributed by atoms with Gasteiger partial charge in [0.05, 0.1) is 11.9 Å². The Morgan fingerprint density at radius 2 is 1.35 bits per heavy atom. The minimum absolute atomic E-state index is 0.275. The zero-order valence-electron chi connectivity index (χ0n) is 19.5. The molecule has 172 valence electrons. The fourth-order valence-electron chi connectivity index (χ4n) is 4.11. The van der Waals surface area contributed by atoms with Crippen LogP contribution < -0.4 is 20.5 Å². The minimum Gasteiger partial charge on any atom is -0.449 e. The largest absolute Gasteiger partial charge is 0.449 e. The predicted molar refractivity (Wildman–Crippen MR) is 136 cm³/mol. The molecule has 6 nitrogen and oxygen atoms in total. The third kappa shape index (κ3) is 4.58. The maximum Gasteiger partial charge on any atom is 0.316 e. The van der Waals surface area contributed by atoms with E-state index in [1.165, 1.54) is 10.2 Å². The Morgan fingerprint density at radius 3 is 1.97 bits per heavy atom. The summed E-state index contributed by atoms with van der Waals surface area (Å²) in [5.74, 6) is 0.909. The van der Waals surface area contributed by atoms with E-state index < -0.39 is 0 Å². The number of nitrogens with zero attached hydrogens (tertiary/aromatic N) is 3. The second-order valence-corrected chi connectivity index (χ2v) is 8.64. The van der Waals surface area contributed by atoms with Gasteiger partial charge in [-0.1, -0.05) is 59.7 Å². The van der Waals surface area contributed by atoms with Crippen molar-refractivity contribution in [1.82, 2.24) is 15.1 Å². The normalized spacial score (nSPS) is 13.6. The highest BCUT2D eigenvalue weighted by atomic mass is 16.5. The summed E-state index contributed by atoms with van der Waals surface area (Å²) < 4.78 is 7.66. The molecule has 1 aliphatic heterocycles. The van der Waals surface area contributed by atoms with Crippen molar-refractivity contribution in [2.75, 3.05) is 31.1 Å². The molecule has 34 heavy (non-hydrogen) atoms. The molecule has 5 rings (SSSR count). The molecule has 4 aromatic rings. The van der Waals surface area contributed by atoms with E-state index in [9.17, 15) is 4.79 Å². The Balaban J connectivity index is 1.51. The van der Waals surface area contributed by atoms with Crippen LogP contribution in [0.4, 0.5) is 5.69 Å². The van der Waals surface area contributed by atoms with E-state index in [1.807, 2.05) is 55.5 Å². The molecular formula is C28H28N4O2. The van der Waals surface area contributed by atoms with Gasteiger partial charge in [0.2, 0.25) is 5.75 Å². The van der Waals surface area contributed by atoms with Gasteiger partial charge in [0, 0.05) is 26.2 Å². The second kappa shape index (κ2) is 9.53. The molecule has 1 N–H and O–H groups in total. The number of aryl methyl sites for hydroxylation is 2. The van der Waals surface area contributed by atoms with Crippen LogP contribution in [0.3, 0.4) is 0 Å². The van der Waals surface area contributed by atoms with Gasteiger partial charge in [-0.3, -0.25) is 4.79 Å². The predicted octanol–water partition coefficient (Wildman–Crippen LogP) is 4.72. The van der Waals surface area contributed by atoms with Crippen LogP contribution in [0.15, 0.2) is 83.8 Å². The zero-order chi connectivity index (χ0) is 23.5. The van der Waals surface area contributed by atoms with Gasteiger partial charge in [-0.25, -0.2) is 0 Å². The summed E-state index contributed by atoms with van der Waals surface area (Å²) in [6, 6.07) is 24.0. The van der Waals surface area contributed by atoms with Crippen LogP contribution in [0.2, 0.25) is 0 Å². The van der Waals surface area contributed by atoms with Crippen molar-refractivity contribution in [3.05, 3.63) is 100 Å². The summed E-state index contributed by atoms with van der Waals surface area (Å²) in [6.45, 7) is 7.38. The number of ether oxygens (including phenoxy) is 1. The summed E-state index contributed by atoms with van der Waals surface area (Å²) >= 11 is 0. The maximum absolute atomic E-state index is 13.6. The number of anilines is 1. The molecule has 0 radical (unpaired) electrons. The Morgan fingerprint density at radius 1 is 0.794 bits per heavy atom. The highest BCUT2D eigenvalue weighted by Crippen LogP contribution is 2.31. The Labute approximate surface area is 199 Å². The van der Waals surface area contributed by atoms with Gasteiger partial charge in [0.15, 0.2) is 0 Å². The monoisotopic (exact) mass is 452 g/mol. The summed E-state index contributed by atoms with van der Waals surface area (Å²) in [5, 5.41) is 7.83. The molecule has 1 fully saturated rings. The molecule has 1 aliphatic rings. The van der Waals surface area contributed by atoms with Crippen molar-refractivity contribution < 1.29 is 4.74 Å². The lowest BCUT2D eigenvalue weighted by atomic mass is 10.0. The Hall–Kier alpha value is -3.90. The highest BCUT2D eigenvalue weighted by molar-refractivity contribution is 5.65. The molecule has 0 atom stereocenters. The number of rotatable bonds is 5. The lowest BCUT2D eigenvalue weighted by Gasteiger charge is -2.30. The summed E-state index contributed by atoms with van der Waals surface area (Å²) in [7, 11) is 0. The lowest BCUT2D eigenvalue weighted by Crippen LogP contribution is -2.44. The standard InChI is InChI=1S/C28H28N4O2/c1-20-3-7-22(8-4-20)23-9-13-25(14-10-23)34-27-26(31-17-15-29-16-18-31)19-30-32(28(27)33)24-11-5-21(2)6-12-24/h3-14,19,29H,15-18H2,1-2H3. The van der Waals surface area contributed by atoms with Crippen LogP contribution in [-0.4, -0.2) is 36.0 Å². The quantitative estimate of drug-likeness (QED) is 0.475. The summed E-state index contributed by atoms with van der Waals surface area (Å²) in [6.07, 6.45) is 1.74. The van der Waals surface area contributed by atoms with E-state index in [-0.39, 0.29) is 5.56 Å². The first-order chi connectivity index (χ1) is 16.6. The van der Waals surface area contributed by atoms with Gasteiger partial charge >= 0.3 is 5.56 Å². The molecule has 1 saturated heterocycles. The zero-order valence-corrected chi connectivity index (χ0v) is 19.5. The first kappa shape index (κ1) is 21.9. The molecule has 0 amide bonds. The van der Waals surface area contributed by atoms with Gasteiger partial charge in [0.1, 0.15) is 11.4 Å². The van der Waals surface area contributed by atoms with E-state index in [0.29, 0.717) is 17.2 Å². The fraction of sp³-hybridized carbons (Fsp3) is 0.214. The highest BCUT2D eigenvalue weighted by Gasteiger charge is 2.21. The van der Waals surface area contributed by atoms with Crippen molar-refractivity contribution in [2.45, 2.75) is 13.8 Å². The van der Waals surface area contributed by atoms with Crippen LogP contribution in [0.1, 0.15) is 11.1 Å². The number of aromatic nitrogens is 2. The second-order valence-electron chi connectivity index (χ2n) is 8.64. The molecule has 6 heteroatoms. The molecule has 0 saturated carbocycles. The fourth-order valence-corrected chi connectivity index (χ4v) is 4.11. The van der Waals surface area contributed by atoms with E-state index in [0.717, 1.165) is 48.6 Å². The SMILES string of the molecule is Cc1ccc(-c2ccc(Oc3c(N4CCNCC4)cnn(-c4ccc(C)cc4)c3=O)cc2)cc1. The Bertz CT molecular complexity index is 1320. The van der Waals surface area contributed by atoms with E-state index in [2.05, 4.69) is 46.5 Å². The number of hydrogen-bond donors (Lipinski definition) is 1. The molecule has 0 aliphatic carbocycles. The van der Waals surface area contributed by atoms with Gasteiger partial charge in [-0.2, -0.15) is 9.78 Å². The number of benzene rings is 3. The van der Waals surface area contributed by atoms with Crippen LogP contribution in [0.5, 0.6) is 11.5 Å². The first-order valence-corrected chi connectivity index (χ1v) is 11.6. The summed E-state index contributed by atoms with van der Waals surface area (Å²) in [4.78, 5) is 15.7. The maximum atomic E-state index is 13.6. The average molecular weight is 453 g/mol. The van der Waals surface area contributed by atoms with Crippen molar-refractivity contribution >= 4 is 5.69 Å². The molecular weight excluding hydrogens is 424 g/mol. The van der Waals surface area contributed by atoms with Crippen LogP contribution in [0.25, 0.3) is 16.8 Å². The van der Waals surface area contributed by atoms with Crippen LogP contribution in [-0.2, 0) is 0 Å². The van der Waals surface area contributed by atoms with Crippen LogP contribution in [0, 0.1) is 13.8 Å². The molecule has 0 bridgehead atoms. The van der Waals surface area contributed by atoms with Gasteiger partial charge in [-0.05, 0) is 49.2 Å². The first-order valence-electron chi connectivity index (χ1n) is 11.6. The topological polar surface area (TPSA) is 59.4 Å². The number of hydrogen-bond acceptors (Lipinski definition) is 5. The third-order valence-electron chi connectivity index (χ3n) is 6.11. The molecule has 3 aromatic carbocycles. The van der Waals surface area contributed by atoms with Gasteiger partial charge in [0.25, 0.3) is 0 Å². The van der Waals surface area contributed by atoms with Crippen LogP contribution >= 0.6 is 0 Å². The average Bonchev–Trinajstić information content (AvgIpc) is 2.87. The number of nitrogens with one attached hydrogen (secondary N) is 1. The summed E-state index contributed by atoms with van der Waals surface area (Å²) in [5.41, 5.74) is 5.75. The van der Waals surface area contributed by atoms with E-state index in [4.69, 9.17) is 4.74 Å². The molecule has 2 heterocycles. The number of piperazine rings is 1. The molecule has 1 aromatic heterocycles. The molecule has 0 unspecified atom stereocenters. The van der Waals surface area contributed by atoms with E-state index in [1.54, 1.807) is 6.20 Å². The lowest BCUT2D eigenvalue weighted by molar-refractivity contribution is 0.463. The minimum atomic E-state index is -0.275.